The summed E-state index contributed by atoms with van der Waals surface area (Å²) < 4.78 is 1.99. The summed E-state index contributed by atoms with van der Waals surface area (Å²) >= 11 is 0. The molecule has 0 radical (unpaired) electrons. The molecule has 2 heterocycles. The second-order valence-corrected chi connectivity index (χ2v) is 2.84. The van der Waals surface area contributed by atoms with Crippen LogP contribution in [-0.2, 0) is 13.6 Å². The van der Waals surface area contributed by atoms with Crippen molar-refractivity contribution in [3.63, 3.8) is 0 Å². The second-order valence-electron chi connectivity index (χ2n) is 2.84. The molecule has 0 aromatic carbocycles. The van der Waals surface area contributed by atoms with Crippen LogP contribution in [0, 0.1) is 0 Å². The normalized spacial score (nSPS) is 10.8. The summed E-state index contributed by atoms with van der Waals surface area (Å²) in [6.07, 6.45) is 3.82. The van der Waals surface area contributed by atoms with Crippen LogP contribution >= 0.6 is 0 Å². The standard InChI is InChI=1S/C9H11N3/c1-12-4-2-3-8-7(5-10)6-11-9(8)12/h2-4,6H,5,10H2,1H3. The van der Waals surface area contributed by atoms with Gasteiger partial charge in [0, 0.05) is 31.5 Å². The highest BCUT2D eigenvalue weighted by atomic mass is 15.0. The van der Waals surface area contributed by atoms with Gasteiger partial charge in [0.25, 0.3) is 0 Å². The minimum Gasteiger partial charge on any atom is -0.336 e. The number of nitrogens with zero attached hydrogens (tertiary/aromatic N) is 2. The monoisotopic (exact) mass is 161 g/mol. The van der Waals surface area contributed by atoms with E-state index in [0.717, 1.165) is 17.0 Å². The highest BCUT2D eigenvalue weighted by molar-refractivity contribution is 5.62. The van der Waals surface area contributed by atoms with Crippen LogP contribution in [0.4, 0.5) is 0 Å². The van der Waals surface area contributed by atoms with Crippen LogP contribution in [0.5, 0.6) is 0 Å². The highest BCUT2D eigenvalue weighted by Crippen LogP contribution is 2.23. The Kier molecular flexibility index (Phi) is 1.59. The fraction of sp³-hybridized carbons (Fsp3) is 0.222. The molecule has 2 rings (SSSR count). The first kappa shape index (κ1) is 7.31. The Morgan fingerprint density at radius 2 is 2.42 bits per heavy atom. The predicted molar refractivity (Wildman–Crippen MR) is 47.7 cm³/mol. The van der Waals surface area contributed by atoms with Crippen molar-refractivity contribution in [3.05, 3.63) is 30.1 Å². The Morgan fingerprint density at radius 3 is 3.17 bits per heavy atom. The molecule has 0 aromatic rings. The molecule has 0 bridgehead atoms. The van der Waals surface area contributed by atoms with Crippen LogP contribution in [0.2, 0.25) is 0 Å². The Hall–Kier alpha value is -1.35. The summed E-state index contributed by atoms with van der Waals surface area (Å²) in [5.41, 5.74) is 7.83. The van der Waals surface area contributed by atoms with Crippen molar-refractivity contribution in [2.45, 2.75) is 6.54 Å². The Balaban J connectivity index is 2.67. The average molecular weight is 161 g/mol. The van der Waals surface area contributed by atoms with Crippen molar-refractivity contribution in [1.82, 2.24) is 9.55 Å². The molecular weight excluding hydrogens is 150 g/mol. The molecule has 0 saturated heterocycles. The largest absolute Gasteiger partial charge is 0.336 e. The number of rotatable bonds is 1. The molecule has 0 fully saturated rings. The molecule has 3 heteroatoms. The Labute approximate surface area is 71.2 Å². The maximum atomic E-state index is 5.56. The third-order valence-electron chi connectivity index (χ3n) is 2.06. The van der Waals surface area contributed by atoms with Gasteiger partial charge in [0.1, 0.15) is 5.82 Å². The molecule has 2 N–H and O–H groups in total. The number of fused-ring (bicyclic) bond motifs is 1. The third-order valence-corrected chi connectivity index (χ3v) is 2.06. The minimum atomic E-state index is 0.556. The maximum absolute atomic E-state index is 5.56. The smallest absolute Gasteiger partial charge is 0.139 e. The van der Waals surface area contributed by atoms with Gasteiger partial charge in [-0.2, -0.15) is 0 Å². The zero-order valence-corrected chi connectivity index (χ0v) is 6.99. The van der Waals surface area contributed by atoms with Gasteiger partial charge in [-0.15, -0.1) is 0 Å². The second kappa shape index (κ2) is 2.60. The molecule has 12 heavy (non-hydrogen) atoms. The van der Waals surface area contributed by atoms with E-state index in [4.69, 9.17) is 5.73 Å². The van der Waals surface area contributed by atoms with E-state index in [-0.39, 0.29) is 0 Å². The molecule has 0 atom stereocenters. The molecular formula is C9H11N3. The van der Waals surface area contributed by atoms with Gasteiger partial charge in [-0.05, 0) is 17.7 Å². The lowest BCUT2D eigenvalue weighted by molar-refractivity contribution is 0.890. The van der Waals surface area contributed by atoms with E-state index in [1.165, 1.54) is 0 Å². The van der Waals surface area contributed by atoms with Crippen molar-refractivity contribution in [1.29, 1.82) is 0 Å². The topological polar surface area (TPSA) is 43.8 Å². The highest BCUT2D eigenvalue weighted by Gasteiger charge is 2.10. The van der Waals surface area contributed by atoms with Crippen molar-refractivity contribution in [3.8, 4) is 11.4 Å². The van der Waals surface area contributed by atoms with Crippen molar-refractivity contribution in [2.24, 2.45) is 12.8 Å². The van der Waals surface area contributed by atoms with Crippen LogP contribution in [0.3, 0.4) is 0 Å². The van der Waals surface area contributed by atoms with E-state index in [2.05, 4.69) is 4.98 Å². The zero-order chi connectivity index (χ0) is 8.55. The van der Waals surface area contributed by atoms with Gasteiger partial charge in [0.05, 0.1) is 0 Å². The number of aryl methyl sites for hydroxylation is 1. The van der Waals surface area contributed by atoms with Crippen LogP contribution < -0.4 is 5.73 Å². The number of hydrogen-bond acceptors (Lipinski definition) is 2. The lowest BCUT2D eigenvalue weighted by Crippen LogP contribution is -1.99. The van der Waals surface area contributed by atoms with E-state index in [1.54, 1.807) is 0 Å². The fourth-order valence-corrected chi connectivity index (χ4v) is 1.39. The van der Waals surface area contributed by atoms with Crippen molar-refractivity contribution < 1.29 is 0 Å². The molecule has 0 saturated carbocycles. The molecule has 2 aliphatic heterocycles. The molecule has 0 aromatic heterocycles. The first-order chi connectivity index (χ1) is 5.83. The van der Waals surface area contributed by atoms with Gasteiger partial charge in [-0.3, -0.25) is 0 Å². The van der Waals surface area contributed by atoms with Gasteiger partial charge < -0.3 is 10.3 Å². The van der Waals surface area contributed by atoms with Crippen molar-refractivity contribution in [2.75, 3.05) is 0 Å². The van der Waals surface area contributed by atoms with Crippen LogP contribution in [0.1, 0.15) is 5.56 Å². The summed E-state index contributed by atoms with van der Waals surface area (Å²) in [5.74, 6) is 0.998. The van der Waals surface area contributed by atoms with E-state index in [0.29, 0.717) is 6.54 Å². The number of hydrogen-bond donors (Lipinski definition) is 1. The Bertz CT molecular complexity index is 364. The summed E-state index contributed by atoms with van der Waals surface area (Å²) in [4.78, 5) is 4.27. The summed E-state index contributed by atoms with van der Waals surface area (Å²) in [6.45, 7) is 0.556. The number of aromatic nitrogens is 2. The third kappa shape index (κ3) is 0.905. The van der Waals surface area contributed by atoms with Crippen LogP contribution in [0.25, 0.3) is 11.4 Å². The molecule has 0 spiro atoms. The lowest BCUT2D eigenvalue weighted by Gasteiger charge is -2.05. The SMILES string of the molecule is Cn1cccc2c(CN)cnc1-2. The van der Waals surface area contributed by atoms with Crippen LogP contribution in [-0.4, -0.2) is 9.55 Å². The maximum Gasteiger partial charge on any atom is 0.139 e. The van der Waals surface area contributed by atoms with Gasteiger partial charge in [-0.25, -0.2) is 4.98 Å². The number of pyridine rings is 1. The van der Waals surface area contributed by atoms with E-state index in [9.17, 15) is 0 Å². The molecule has 2 aliphatic rings. The van der Waals surface area contributed by atoms with Gasteiger partial charge in [-0.1, -0.05) is 0 Å². The first-order valence-corrected chi connectivity index (χ1v) is 3.92. The first-order valence-electron chi connectivity index (χ1n) is 3.92. The zero-order valence-electron chi connectivity index (χ0n) is 6.99. The molecule has 62 valence electrons. The minimum absolute atomic E-state index is 0.556. The molecule has 3 nitrogen and oxygen atoms in total. The summed E-state index contributed by atoms with van der Waals surface area (Å²) in [6, 6.07) is 4.05. The lowest BCUT2D eigenvalue weighted by atomic mass is 10.1. The molecule has 0 unspecified atom stereocenters. The Morgan fingerprint density at radius 1 is 1.58 bits per heavy atom. The van der Waals surface area contributed by atoms with Crippen LogP contribution in [0.15, 0.2) is 24.5 Å². The fourth-order valence-electron chi connectivity index (χ4n) is 1.39. The van der Waals surface area contributed by atoms with Crippen molar-refractivity contribution >= 4 is 0 Å². The quantitative estimate of drug-likeness (QED) is 0.677. The van der Waals surface area contributed by atoms with E-state index < -0.39 is 0 Å². The predicted octanol–water partition coefficient (Wildman–Crippen LogP) is 0.984. The summed E-state index contributed by atoms with van der Waals surface area (Å²) in [5, 5.41) is 0. The number of nitrogens with two attached hydrogens (primary N) is 1. The van der Waals surface area contributed by atoms with Gasteiger partial charge in [0.2, 0.25) is 0 Å². The average Bonchev–Trinajstić information content (AvgIpc) is 2.49. The summed E-state index contributed by atoms with van der Waals surface area (Å²) in [7, 11) is 1.98. The molecule has 0 aliphatic carbocycles. The van der Waals surface area contributed by atoms with E-state index in [1.807, 2.05) is 36.1 Å². The molecule has 0 amide bonds. The van der Waals surface area contributed by atoms with Gasteiger partial charge in [0.15, 0.2) is 0 Å². The van der Waals surface area contributed by atoms with Gasteiger partial charge >= 0.3 is 0 Å². The van der Waals surface area contributed by atoms with E-state index >= 15 is 0 Å².